The molecule has 2 rings (SSSR count). The monoisotopic (exact) mass is 275 g/mol. The molecule has 92 valence electrons. The highest BCUT2D eigenvalue weighted by molar-refractivity contribution is 8.13. The lowest BCUT2D eigenvalue weighted by atomic mass is 10.2. The third kappa shape index (κ3) is 2.07. The van der Waals surface area contributed by atoms with Gasteiger partial charge in [-0.2, -0.15) is 0 Å². The van der Waals surface area contributed by atoms with Gasteiger partial charge in [-0.3, -0.25) is 0 Å². The molecule has 0 unspecified atom stereocenters. The van der Waals surface area contributed by atoms with E-state index in [2.05, 4.69) is 15.2 Å². The maximum absolute atomic E-state index is 11.4. The summed E-state index contributed by atoms with van der Waals surface area (Å²) in [6.45, 7) is 4.91. The van der Waals surface area contributed by atoms with Gasteiger partial charge >= 0.3 is 0 Å². The van der Waals surface area contributed by atoms with E-state index in [-0.39, 0.29) is 10.8 Å². The molecule has 0 saturated heterocycles. The molecule has 0 aliphatic rings. The van der Waals surface area contributed by atoms with E-state index in [1.807, 2.05) is 0 Å². The summed E-state index contributed by atoms with van der Waals surface area (Å²) in [5, 5.41) is 7.51. The Morgan fingerprint density at radius 1 is 1.24 bits per heavy atom. The number of aromatic nitrogens is 3. The van der Waals surface area contributed by atoms with Crippen LogP contribution in [0.3, 0.4) is 0 Å². The van der Waals surface area contributed by atoms with Crippen LogP contribution in [0.2, 0.25) is 0 Å². The van der Waals surface area contributed by atoms with Crippen LogP contribution in [0.25, 0.3) is 11.6 Å². The fourth-order valence-corrected chi connectivity index (χ4v) is 3.29. The van der Waals surface area contributed by atoms with Gasteiger partial charge in [-0.1, -0.05) is 0 Å². The molecule has 8 heteroatoms. The Kier molecular flexibility index (Phi) is 2.75. The Labute approximate surface area is 102 Å². The number of halogens is 1. The quantitative estimate of drug-likeness (QED) is 0.846. The van der Waals surface area contributed by atoms with Crippen LogP contribution >= 0.6 is 10.7 Å². The molecular formula is C9H10ClN3O3S. The van der Waals surface area contributed by atoms with E-state index in [9.17, 15) is 8.42 Å². The highest BCUT2D eigenvalue weighted by atomic mass is 35.7. The summed E-state index contributed by atoms with van der Waals surface area (Å²) < 4.78 is 28.0. The lowest BCUT2D eigenvalue weighted by molar-refractivity contribution is 0.531. The highest BCUT2D eigenvalue weighted by Gasteiger charge is 2.24. The zero-order valence-electron chi connectivity index (χ0n) is 9.41. The van der Waals surface area contributed by atoms with Gasteiger partial charge < -0.3 is 9.40 Å². The summed E-state index contributed by atoms with van der Waals surface area (Å²) in [4.78, 5) is 2.95. The van der Waals surface area contributed by atoms with Crippen LogP contribution in [0.4, 0.5) is 0 Å². The van der Waals surface area contributed by atoms with Gasteiger partial charge in [0.2, 0.25) is 5.89 Å². The van der Waals surface area contributed by atoms with Gasteiger partial charge in [0.15, 0.2) is 0 Å². The zero-order chi connectivity index (χ0) is 12.8. The van der Waals surface area contributed by atoms with Gasteiger partial charge in [-0.25, -0.2) is 8.42 Å². The molecule has 0 radical (unpaired) electrons. The molecule has 2 aromatic heterocycles. The smallest absolute Gasteiger partial charge is 0.264 e. The zero-order valence-corrected chi connectivity index (χ0v) is 11.0. The molecule has 0 atom stereocenters. The summed E-state index contributed by atoms with van der Waals surface area (Å²) in [5.41, 5.74) is 1.40. The number of nitrogens with one attached hydrogen (secondary N) is 1. The van der Waals surface area contributed by atoms with Gasteiger partial charge in [-0.15, -0.1) is 10.2 Å². The normalized spacial score (nSPS) is 12.0. The maximum atomic E-state index is 11.4. The lowest BCUT2D eigenvalue weighted by Gasteiger charge is -1.95. The summed E-state index contributed by atoms with van der Waals surface area (Å²) >= 11 is 0. The average Bonchev–Trinajstić information content (AvgIpc) is 2.69. The van der Waals surface area contributed by atoms with Crippen molar-refractivity contribution in [3.05, 3.63) is 17.1 Å². The number of aromatic amines is 1. The molecule has 0 aromatic carbocycles. The topological polar surface area (TPSA) is 88.9 Å². The number of rotatable bonds is 2. The largest absolute Gasteiger partial charge is 0.420 e. The molecule has 0 spiro atoms. The van der Waals surface area contributed by atoms with Crippen LogP contribution in [-0.4, -0.2) is 23.6 Å². The van der Waals surface area contributed by atoms with E-state index in [0.29, 0.717) is 22.8 Å². The molecule has 0 aliphatic carbocycles. The summed E-state index contributed by atoms with van der Waals surface area (Å²) in [5.74, 6) is 0.650. The van der Waals surface area contributed by atoms with Crippen LogP contribution in [-0.2, 0) is 9.05 Å². The van der Waals surface area contributed by atoms with Gasteiger partial charge in [0.1, 0.15) is 10.6 Å². The second kappa shape index (κ2) is 3.85. The Hall–Kier alpha value is -1.34. The maximum Gasteiger partial charge on any atom is 0.264 e. The van der Waals surface area contributed by atoms with Gasteiger partial charge in [0.25, 0.3) is 14.9 Å². The van der Waals surface area contributed by atoms with Crippen LogP contribution in [0.1, 0.15) is 17.1 Å². The van der Waals surface area contributed by atoms with E-state index < -0.39 is 9.05 Å². The molecule has 0 aliphatic heterocycles. The summed E-state index contributed by atoms with van der Waals surface area (Å²) in [6.07, 6.45) is 0. The van der Waals surface area contributed by atoms with Crippen molar-refractivity contribution in [1.82, 2.24) is 15.2 Å². The van der Waals surface area contributed by atoms with Crippen LogP contribution < -0.4 is 0 Å². The standard InChI is InChI=1S/C9H10ClN3O3S/c1-4-7(9-13-12-6(3)16-9)11-5(2)8(4)17(10,14)15/h11H,1-3H3. The molecular weight excluding hydrogens is 266 g/mol. The van der Waals surface area contributed by atoms with Crippen LogP contribution in [0.15, 0.2) is 9.31 Å². The van der Waals surface area contributed by atoms with Crippen molar-refractivity contribution in [3.8, 4) is 11.6 Å². The summed E-state index contributed by atoms with van der Waals surface area (Å²) in [6, 6.07) is 0. The van der Waals surface area contributed by atoms with Crippen LogP contribution in [0.5, 0.6) is 0 Å². The number of hydrogen-bond acceptors (Lipinski definition) is 5. The van der Waals surface area contributed by atoms with Gasteiger partial charge in [-0.05, 0) is 19.4 Å². The highest BCUT2D eigenvalue weighted by Crippen LogP contribution is 2.31. The second-order valence-electron chi connectivity index (χ2n) is 3.64. The number of nitrogens with zero attached hydrogens (tertiary/aromatic N) is 2. The Balaban J connectivity index is 2.67. The number of aryl methyl sites for hydroxylation is 2. The molecule has 0 fully saturated rings. The Morgan fingerprint density at radius 3 is 2.29 bits per heavy atom. The fourth-order valence-electron chi connectivity index (χ4n) is 1.71. The third-order valence-electron chi connectivity index (χ3n) is 2.35. The minimum absolute atomic E-state index is 0.0602. The molecule has 6 nitrogen and oxygen atoms in total. The van der Waals surface area contributed by atoms with E-state index in [4.69, 9.17) is 15.1 Å². The van der Waals surface area contributed by atoms with Crippen molar-refractivity contribution in [2.75, 3.05) is 0 Å². The third-order valence-corrected chi connectivity index (χ3v) is 3.92. The predicted octanol–water partition coefficient (Wildman–Crippen LogP) is 1.92. The van der Waals surface area contributed by atoms with E-state index in [1.165, 1.54) is 0 Å². The van der Waals surface area contributed by atoms with Crippen molar-refractivity contribution < 1.29 is 12.8 Å². The van der Waals surface area contributed by atoms with Gasteiger partial charge in [0.05, 0.1) is 0 Å². The number of H-pyrrole nitrogens is 1. The molecule has 0 amide bonds. The van der Waals surface area contributed by atoms with E-state index in [0.717, 1.165) is 0 Å². The number of hydrogen-bond donors (Lipinski definition) is 1. The molecule has 0 saturated carbocycles. The molecule has 1 N–H and O–H groups in total. The summed E-state index contributed by atoms with van der Waals surface area (Å²) in [7, 11) is 1.57. The SMILES string of the molecule is Cc1nnc(-c2[nH]c(C)c(S(=O)(=O)Cl)c2C)o1. The first-order chi connectivity index (χ1) is 7.80. The van der Waals surface area contributed by atoms with Gasteiger partial charge in [0, 0.05) is 23.3 Å². The molecule has 2 aromatic rings. The second-order valence-corrected chi connectivity index (χ2v) is 6.15. The molecule has 2 heterocycles. The minimum Gasteiger partial charge on any atom is -0.420 e. The lowest BCUT2D eigenvalue weighted by Crippen LogP contribution is -1.93. The first-order valence-electron chi connectivity index (χ1n) is 4.75. The average molecular weight is 276 g/mol. The van der Waals surface area contributed by atoms with E-state index >= 15 is 0 Å². The van der Waals surface area contributed by atoms with Crippen molar-refractivity contribution in [3.63, 3.8) is 0 Å². The van der Waals surface area contributed by atoms with Crippen molar-refractivity contribution in [1.29, 1.82) is 0 Å². The van der Waals surface area contributed by atoms with E-state index in [1.54, 1.807) is 20.8 Å². The minimum atomic E-state index is -3.79. The van der Waals surface area contributed by atoms with Crippen molar-refractivity contribution >= 4 is 19.7 Å². The van der Waals surface area contributed by atoms with Crippen molar-refractivity contribution in [2.45, 2.75) is 25.7 Å². The molecule has 0 bridgehead atoms. The first kappa shape index (κ1) is 12.1. The van der Waals surface area contributed by atoms with Crippen molar-refractivity contribution in [2.24, 2.45) is 0 Å². The fraction of sp³-hybridized carbons (Fsp3) is 0.333. The predicted molar refractivity (Wildman–Crippen MR) is 61.3 cm³/mol. The Morgan fingerprint density at radius 2 is 1.88 bits per heavy atom. The first-order valence-corrected chi connectivity index (χ1v) is 7.06. The van der Waals surface area contributed by atoms with Crippen LogP contribution in [0, 0.1) is 20.8 Å². The Bertz CT molecular complexity index is 672. The molecule has 17 heavy (non-hydrogen) atoms.